The summed E-state index contributed by atoms with van der Waals surface area (Å²) < 4.78 is 33.1. The van der Waals surface area contributed by atoms with Crippen molar-refractivity contribution in [3.8, 4) is 5.88 Å². The molecule has 190 valence electrons. The standard InChI is InChI=1S/C25H34N4O5S/c1-3-15-34-23-6-4-5-22(26-23)27-24(31)20-8-7-19(28-35(32,33)18(2)17-30)16-21(20)29-13-11-25(9-10-25)12-14-29/h4-8,16,18,28,30H,3,9-15,17H2,1-2H3,(H,26,27,31)/t18-/m1/s1. The van der Waals surface area contributed by atoms with Crippen LogP contribution in [0.15, 0.2) is 36.4 Å². The van der Waals surface area contributed by atoms with Gasteiger partial charge in [0, 0.05) is 19.2 Å². The summed E-state index contributed by atoms with van der Waals surface area (Å²) in [5, 5.41) is 11.2. The van der Waals surface area contributed by atoms with Crippen molar-refractivity contribution < 1.29 is 23.1 Å². The van der Waals surface area contributed by atoms with E-state index < -0.39 is 21.9 Å². The summed E-state index contributed by atoms with van der Waals surface area (Å²) in [7, 11) is -3.76. The molecule has 3 N–H and O–H groups in total. The van der Waals surface area contributed by atoms with Crippen LogP contribution in [0.1, 0.15) is 56.3 Å². The molecule has 1 saturated heterocycles. The number of piperidine rings is 1. The predicted molar refractivity (Wildman–Crippen MR) is 137 cm³/mol. The van der Waals surface area contributed by atoms with Gasteiger partial charge in [0.05, 0.1) is 30.2 Å². The maximum absolute atomic E-state index is 13.3. The van der Waals surface area contributed by atoms with Gasteiger partial charge in [-0.05, 0) is 68.7 Å². The van der Waals surface area contributed by atoms with E-state index in [1.807, 2.05) is 6.92 Å². The highest BCUT2D eigenvalue weighted by atomic mass is 32.2. The van der Waals surface area contributed by atoms with Gasteiger partial charge in [-0.1, -0.05) is 13.0 Å². The molecule has 2 fully saturated rings. The van der Waals surface area contributed by atoms with Crippen molar-refractivity contribution in [2.75, 3.05) is 41.2 Å². The number of carbonyl (C=O) groups is 1. The van der Waals surface area contributed by atoms with E-state index in [1.165, 1.54) is 19.8 Å². The maximum atomic E-state index is 13.3. The number of nitrogens with one attached hydrogen (secondary N) is 2. The highest BCUT2D eigenvalue weighted by Gasteiger charge is 2.44. The van der Waals surface area contributed by atoms with Crippen LogP contribution in [-0.4, -0.2) is 56.0 Å². The number of ether oxygens (including phenoxy) is 1. The molecular weight excluding hydrogens is 468 g/mol. The third kappa shape index (κ3) is 6.05. The summed E-state index contributed by atoms with van der Waals surface area (Å²) in [6.07, 6.45) is 5.49. The molecule has 1 saturated carbocycles. The number of anilines is 3. The number of nitrogens with zero attached hydrogens (tertiary/aromatic N) is 2. The number of aliphatic hydroxyl groups excluding tert-OH is 1. The van der Waals surface area contributed by atoms with Crippen molar-refractivity contribution >= 4 is 33.1 Å². The Balaban J connectivity index is 1.59. The number of hydrogen-bond donors (Lipinski definition) is 3. The molecular formula is C25H34N4O5S. The van der Waals surface area contributed by atoms with Crippen LogP contribution in [0.2, 0.25) is 0 Å². The lowest BCUT2D eigenvalue weighted by Crippen LogP contribution is -2.36. The fourth-order valence-electron chi connectivity index (χ4n) is 4.27. The Bertz CT molecular complexity index is 1160. The lowest BCUT2D eigenvalue weighted by molar-refractivity contribution is 0.102. The molecule has 2 heterocycles. The fourth-order valence-corrected chi connectivity index (χ4v) is 5.12. The minimum Gasteiger partial charge on any atom is -0.478 e. The van der Waals surface area contributed by atoms with Crippen LogP contribution in [0.5, 0.6) is 5.88 Å². The van der Waals surface area contributed by atoms with Gasteiger partial charge in [0.25, 0.3) is 5.91 Å². The van der Waals surface area contributed by atoms with Crippen LogP contribution in [0.4, 0.5) is 17.2 Å². The molecule has 1 aromatic heterocycles. The number of aromatic nitrogens is 1. The first-order valence-corrected chi connectivity index (χ1v) is 13.7. The minimum atomic E-state index is -3.76. The molecule has 2 aliphatic rings. The first-order valence-electron chi connectivity index (χ1n) is 12.2. The van der Waals surface area contributed by atoms with E-state index in [0.717, 1.165) is 32.4 Å². The smallest absolute Gasteiger partial charge is 0.258 e. The highest BCUT2D eigenvalue weighted by molar-refractivity contribution is 7.93. The van der Waals surface area contributed by atoms with Gasteiger partial charge in [0.2, 0.25) is 15.9 Å². The second-order valence-corrected chi connectivity index (χ2v) is 11.6. The second kappa shape index (κ2) is 10.4. The Hall–Kier alpha value is -2.85. The van der Waals surface area contributed by atoms with Crippen molar-refractivity contribution in [3.63, 3.8) is 0 Å². The summed E-state index contributed by atoms with van der Waals surface area (Å²) >= 11 is 0. The van der Waals surface area contributed by atoms with E-state index in [9.17, 15) is 18.3 Å². The summed E-state index contributed by atoms with van der Waals surface area (Å²) in [4.78, 5) is 19.8. The number of hydrogen-bond acceptors (Lipinski definition) is 7. The number of benzene rings is 1. The maximum Gasteiger partial charge on any atom is 0.258 e. The van der Waals surface area contributed by atoms with Crippen LogP contribution >= 0.6 is 0 Å². The van der Waals surface area contributed by atoms with E-state index in [4.69, 9.17) is 4.74 Å². The van der Waals surface area contributed by atoms with Gasteiger partial charge in [-0.3, -0.25) is 9.52 Å². The average molecular weight is 503 g/mol. The normalized spacial score (nSPS) is 17.6. The van der Waals surface area contributed by atoms with E-state index in [2.05, 4.69) is 19.9 Å². The zero-order chi connectivity index (χ0) is 25.1. The molecule has 0 bridgehead atoms. The zero-order valence-corrected chi connectivity index (χ0v) is 21.1. The van der Waals surface area contributed by atoms with Crippen LogP contribution in [0, 0.1) is 5.41 Å². The molecule has 35 heavy (non-hydrogen) atoms. The monoisotopic (exact) mass is 502 g/mol. The molecule has 9 nitrogen and oxygen atoms in total. The van der Waals surface area contributed by atoms with Gasteiger partial charge in [-0.15, -0.1) is 0 Å². The number of amides is 1. The molecule has 1 aliphatic heterocycles. The van der Waals surface area contributed by atoms with Crippen LogP contribution in [0.25, 0.3) is 0 Å². The van der Waals surface area contributed by atoms with Gasteiger partial charge in [-0.25, -0.2) is 8.42 Å². The van der Waals surface area contributed by atoms with Crippen molar-refractivity contribution in [1.29, 1.82) is 0 Å². The Labute approximate surface area is 206 Å². The van der Waals surface area contributed by atoms with Crippen LogP contribution in [-0.2, 0) is 10.0 Å². The summed E-state index contributed by atoms with van der Waals surface area (Å²) in [5.74, 6) is 0.495. The molecule has 1 spiro atoms. The van der Waals surface area contributed by atoms with Gasteiger partial charge in [-0.2, -0.15) is 4.98 Å². The fraction of sp³-hybridized carbons (Fsp3) is 0.520. The Kier molecular flexibility index (Phi) is 7.51. The van der Waals surface area contributed by atoms with E-state index in [1.54, 1.807) is 36.4 Å². The molecule has 1 aromatic carbocycles. The first kappa shape index (κ1) is 25.2. The quantitative estimate of drug-likeness (QED) is 0.454. The lowest BCUT2D eigenvalue weighted by atomic mass is 9.93. The molecule has 1 atom stereocenters. The van der Waals surface area contributed by atoms with Crippen LogP contribution < -0.4 is 19.7 Å². The van der Waals surface area contributed by atoms with Gasteiger partial charge < -0.3 is 20.1 Å². The van der Waals surface area contributed by atoms with E-state index in [0.29, 0.717) is 40.7 Å². The summed E-state index contributed by atoms with van der Waals surface area (Å²) in [6.45, 7) is 5.12. The SMILES string of the molecule is CCCOc1cccc(NC(=O)c2ccc(NS(=O)(=O)[C@H](C)CO)cc2N2CCC3(CC2)CC3)n1. The molecule has 4 rings (SSSR count). The molecule has 1 aliphatic carbocycles. The predicted octanol–water partition coefficient (Wildman–Crippen LogP) is 3.63. The third-order valence-electron chi connectivity index (χ3n) is 6.83. The number of aliphatic hydroxyl groups is 1. The number of pyridine rings is 1. The summed E-state index contributed by atoms with van der Waals surface area (Å²) in [5.41, 5.74) is 1.93. The van der Waals surface area contributed by atoms with E-state index in [-0.39, 0.29) is 5.91 Å². The average Bonchev–Trinajstić information content (AvgIpc) is 3.61. The lowest BCUT2D eigenvalue weighted by Gasteiger charge is -2.35. The minimum absolute atomic E-state index is 0.329. The van der Waals surface area contributed by atoms with E-state index >= 15 is 0 Å². The van der Waals surface area contributed by atoms with Crippen molar-refractivity contribution in [2.24, 2.45) is 5.41 Å². The van der Waals surface area contributed by atoms with Crippen LogP contribution in [0.3, 0.4) is 0 Å². The Morgan fingerprint density at radius 1 is 1.20 bits per heavy atom. The molecule has 10 heteroatoms. The molecule has 2 aromatic rings. The van der Waals surface area contributed by atoms with Crippen molar-refractivity contribution in [2.45, 2.75) is 51.2 Å². The third-order valence-corrected chi connectivity index (χ3v) is 8.56. The van der Waals surface area contributed by atoms with Gasteiger partial charge in [0.1, 0.15) is 11.1 Å². The van der Waals surface area contributed by atoms with Gasteiger partial charge in [0.15, 0.2) is 0 Å². The largest absolute Gasteiger partial charge is 0.478 e. The second-order valence-electron chi connectivity index (χ2n) is 9.52. The first-order chi connectivity index (χ1) is 16.7. The highest BCUT2D eigenvalue weighted by Crippen LogP contribution is 2.54. The molecule has 0 unspecified atom stereocenters. The molecule has 0 radical (unpaired) electrons. The van der Waals surface area contributed by atoms with Crippen molar-refractivity contribution in [1.82, 2.24) is 4.98 Å². The number of rotatable bonds is 10. The van der Waals surface area contributed by atoms with Crippen molar-refractivity contribution in [3.05, 3.63) is 42.0 Å². The number of sulfonamides is 1. The zero-order valence-electron chi connectivity index (χ0n) is 20.3. The molecule has 1 amide bonds. The number of carbonyl (C=O) groups excluding carboxylic acids is 1. The Morgan fingerprint density at radius 2 is 1.94 bits per heavy atom. The Morgan fingerprint density at radius 3 is 2.60 bits per heavy atom. The van der Waals surface area contributed by atoms with Gasteiger partial charge >= 0.3 is 0 Å². The summed E-state index contributed by atoms with van der Waals surface area (Å²) in [6, 6.07) is 10.1. The topological polar surface area (TPSA) is 121 Å².